The molecule has 14 nitrogen and oxygen atoms in total. The van der Waals surface area contributed by atoms with Gasteiger partial charge in [-0.3, -0.25) is 24.0 Å². The van der Waals surface area contributed by atoms with Gasteiger partial charge in [-0.25, -0.2) is 36.3 Å². The van der Waals surface area contributed by atoms with Gasteiger partial charge in [-0.15, -0.1) is 8.78 Å². The zero-order valence-corrected chi connectivity index (χ0v) is 44.2. The van der Waals surface area contributed by atoms with E-state index in [1.807, 2.05) is 0 Å². The highest BCUT2D eigenvalue weighted by Gasteiger charge is 2.44. The highest BCUT2D eigenvalue weighted by Crippen LogP contribution is 2.46. The van der Waals surface area contributed by atoms with Crippen molar-refractivity contribution in [3.05, 3.63) is 207 Å². The maximum atomic E-state index is 14.5. The van der Waals surface area contributed by atoms with E-state index in [0.29, 0.717) is 17.2 Å². The number of amides is 3. The van der Waals surface area contributed by atoms with Gasteiger partial charge in [-0.05, 0) is 98.6 Å². The molecule has 10 rings (SSSR count). The van der Waals surface area contributed by atoms with E-state index in [0.717, 1.165) is 41.1 Å². The Hall–Kier alpha value is -9.86. The topological polar surface area (TPSA) is 175 Å². The van der Waals surface area contributed by atoms with Crippen LogP contribution in [0.5, 0.6) is 11.5 Å². The molecule has 0 fully saturated rings. The zero-order valence-electron chi connectivity index (χ0n) is 43.4. The third-order valence-electron chi connectivity index (χ3n) is 11.9. The molecule has 0 unspecified atom stereocenters. The molecule has 0 saturated heterocycles. The van der Waals surface area contributed by atoms with Gasteiger partial charge in [0.05, 0.1) is 34.4 Å². The second kappa shape index (κ2) is 24.2. The summed E-state index contributed by atoms with van der Waals surface area (Å²) in [6.45, 7) is 4.30. The smallest absolute Gasteiger partial charge is 0.438 e. The molecule has 6 aromatic carbocycles. The number of carbonyl (C=O) groups excluding carboxylic acids is 3. The third-order valence-corrected chi connectivity index (χ3v) is 12.3. The molecule has 9 aromatic rings. The number of halogens is 15. The van der Waals surface area contributed by atoms with Crippen LogP contribution in [0.2, 0.25) is 5.02 Å². The van der Waals surface area contributed by atoms with Crippen molar-refractivity contribution in [2.45, 2.75) is 39.4 Å². The quantitative estimate of drug-likeness (QED) is 0.118. The lowest BCUT2D eigenvalue weighted by atomic mass is 10.1. The average Bonchev–Trinajstić information content (AvgIpc) is 2.94. The molecule has 1 aliphatic rings. The van der Waals surface area contributed by atoms with Crippen LogP contribution in [0, 0.1) is 55.7 Å². The van der Waals surface area contributed by atoms with Crippen molar-refractivity contribution in [2.75, 3.05) is 16.0 Å². The lowest BCUT2D eigenvalue weighted by Crippen LogP contribution is -2.25. The van der Waals surface area contributed by atoms with E-state index in [-0.39, 0.29) is 78.8 Å². The predicted octanol–water partition coefficient (Wildman–Crippen LogP) is 15.1. The summed E-state index contributed by atoms with van der Waals surface area (Å²) in [5.41, 5.74) is -1.73. The zero-order chi connectivity index (χ0) is 62.0. The van der Waals surface area contributed by atoms with Gasteiger partial charge in [-0.2, -0.15) is 31.4 Å². The first-order chi connectivity index (χ1) is 39.9. The van der Waals surface area contributed by atoms with Gasteiger partial charge >= 0.3 is 24.5 Å². The van der Waals surface area contributed by atoms with E-state index in [4.69, 9.17) is 11.6 Å². The van der Waals surface area contributed by atoms with E-state index in [1.165, 1.54) is 94.0 Å². The number of oxazole rings is 1. The largest absolute Gasteiger partial charge is 0.586 e. The van der Waals surface area contributed by atoms with Gasteiger partial charge in [0.2, 0.25) is 0 Å². The van der Waals surface area contributed by atoms with E-state index in [1.54, 1.807) is 13.0 Å². The number of anilines is 3. The fourth-order valence-electron chi connectivity index (χ4n) is 7.92. The molecule has 0 aliphatic carbocycles. The number of alkyl halides is 8. The number of hydrogen-bond donors (Lipinski definition) is 3. The SMILES string of the molecule is Cc1ccc(F)c(C(=O)Nc2ccc(-c3cc(C(F)(F)F)nn3C)c(F)c2)c1F.Cc1cccc(F)c1C(=O)Nc1cnc(-c2cc3c(cc2Cl)OC(F)(F)O3)cn1.Cc1oc(C(F)(F)F)nc1-c1ccc(NC(=O)c2c(F)cccc2F)cc1. The van der Waals surface area contributed by atoms with Crippen LogP contribution < -0.4 is 25.4 Å². The summed E-state index contributed by atoms with van der Waals surface area (Å²) in [7, 11) is 1.23. The minimum atomic E-state index is -4.71. The molecule has 0 saturated carbocycles. The van der Waals surface area contributed by atoms with Gasteiger partial charge in [0.1, 0.15) is 57.5 Å². The Bertz CT molecular complexity index is 4000. The van der Waals surface area contributed by atoms with Crippen molar-refractivity contribution in [1.82, 2.24) is 24.7 Å². The molecule has 85 heavy (non-hydrogen) atoms. The number of ether oxygens (including phenoxy) is 2. The molecular formula is C56H35ClF14N8O6. The molecule has 29 heteroatoms. The summed E-state index contributed by atoms with van der Waals surface area (Å²) in [6.07, 6.45) is -10.7. The molecular weight excluding hydrogens is 1180 g/mol. The molecule has 3 aromatic heterocycles. The van der Waals surface area contributed by atoms with Gasteiger partial charge in [0.15, 0.2) is 23.0 Å². The van der Waals surface area contributed by atoms with Gasteiger partial charge in [-0.1, -0.05) is 48.0 Å². The van der Waals surface area contributed by atoms with Gasteiger partial charge < -0.3 is 29.8 Å². The van der Waals surface area contributed by atoms with Crippen LogP contribution in [0.4, 0.5) is 78.7 Å². The Morgan fingerprint density at radius 1 is 0.588 bits per heavy atom. The van der Waals surface area contributed by atoms with Crippen LogP contribution in [0.3, 0.4) is 0 Å². The standard InChI is InChI=1S/C19H11ClF3N3O3.C19H13F6N3O.C18H11F5N2O2/c1-9-3-2-4-12(21)17(9)18(27)26-16-8-24-13(7-25-16)10-5-14-15(6-11(10)20)29-19(22,23)28-14;1-9-3-6-12(20)16(17(9)22)18(29)26-10-4-5-11(13(21)7-10)14-8-15(19(23,24)25)27-28(14)2;1-9-15(25-17(27-9)18(21,22)23)10-5-7-11(8-6-10)24-16(26)14-12(19)3-2-4-13(14)20/h2-8H,1H3,(H,25,26,27);3-8H,1-2H3,(H,26,29);2-8H,1H3,(H,24,26). The molecule has 0 bridgehead atoms. The Kier molecular flexibility index (Phi) is 17.4. The third kappa shape index (κ3) is 14.0. The fraction of sp³-hybridized carbons (Fsp3) is 0.125. The Balaban J connectivity index is 0.000000166. The number of rotatable bonds is 9. The number of fused-ring (bicyclic) bond motifs is 1. The summed E-state index contributed by atoms with van der Waals surface area (Å²) < 4.78 is 200. The fourth-order valence-corrected chi connectivity index (χ4v) is 8.17. The molecule has 0 atom stereocenters. The molecule has 440 valence electrons. The number of carbonyl (C=O) groups is 3. The number of aromatic nitrogens is 5. The van der Waals surface area contributed by atoms with Crippen LogP contribution in [0.25, 0.3) is 33.8 Å². The van der Waals surface area contributed by atoms with Crippen molar-refractivity contribution < 1.29 is 89.7 Å². The molecule has 0 radical (unpaired) electrons. The van der Waals surface area contributed by atoms with E-state index < -0.39 is 94.0 Å². The van der Waals surface area contributed by atoms with E-state index in [9.17, 15) is 75.8 Å². The van der Waals surface area contributed by atoms with Crippen LogP contribution in [-0.4, -0.2) is 48.7 Å². The summed E-state index contributed by atoms with van der Waals surface area (Å²) in [5.74, 6) is -10.3. The van der Waals surface area contributed by atoms with Crippen molar-refractivity contribution in [1.29, 1.82) is 0 Å². The maximum absolute atomic E-state index is 14.5. The minimum absolute atomic E-state index is 0.000324. The first-order valence-electron chi connectivity index (χ1n) is 23.9. The van der Waals surface area contributed by atoms with Crippen LogP contribution in [-0.2, 0) is 19.4 Å². The second-order valence-corrected chi connectivity index (χ2v) is 18.3. The van der Waals surface area contributed by atoms with Crippen LogP contribution in [0.1, 0.15) is 59.5 Å². The number of benzene rings is 6. The summed E-state index contributed by atoms with van der Waals surface area (Å²) in [4.78, 5) is 48.1. The highest BCUT2D eigenvalue weighted by molar-refractivity contribution is 6.33. The molecule has 0 spiro atoms. The molecule has 3 N–H and O–H groups in total. The number of aryl methyl sites for hydroxylation is 4. The molecule has 4 heterocycles. The van der Waals surface area contributed by atoms with Crippen molar-refractivity contribution in [3.8, 4) is 45.3 Å². The van der Waals surface area contributed by atoms with Crippen LogP contribution in [0.15, 0.2) is 126 Å². The summed E-state index contributed by atoms with van der Waals surface area (Å²) in [6, 6.07) is 21.2. The van der Waals surface area contributed by atoms with Crippen molar-refractivity contribution >= 4 is 46.5 Å². The van der Waals surface area contributed by atoms with Crippen molar-refractivity contribution in [3.63, 3.8) is 0 Å². The van der Waals surface area contributed by atoms with Crippen LogP contribution >= 0.6 is 11.6 Å². The van der Waals surface area contributed by atoms with Gasteiger partial charge in [0.25, 0.3) is 17.7 Å². The minimum Gasteiger partial charge on any atom is -0.438 e. The van der Waals surface area contributed by atoms with Crippen molar-refractivity contribution in [2.24, 2.45) is 7.05 Å². The molecule has 3 amide bonds. The maximum Gasteiger partial charge on any atom is 0.586 e. The summed E-state index contributed by atoms with van der Waals surface area (Å²) in [5, 5.41) is 10.4. The summed E-state index contributed by atoms with van der Waals surface area (Å²) >= 11 is 6.11. The Morgan fingerprint density at radius 2 is 1.16 bits per heavy atom. The highest BCUT2D eigenvalue weighted by atomic mass is 35.5. The van der Waals surface area contributed by atoms with Gasteiger partial charge in [0, 0.05) is 41.2 Å². The Labute approximate surface area is 474 Å². The predicted molar refractivity (Wildman–Crippen MR) is 276 cm³/mol. The average molecular weight is 1220 g/mol. The lowest BCUT2D eigenvalue weighted by Gasteiger charge is -2.10. The number of nitrogens with one attached hydrogen (secondary N) is 3. The number of hydrogen-bond acceptors (Lipinski definition) is 10. The first kappa shape index (κ1) is 61.2. The van der Waals surface area contributed by atoms with E-state index >= 15 is 0 Å². The Morgan fingerprint density at radius 3 is 1.74 bits per heavy atom. The monoisotopic (exact) mass is 1220 g/mol. The first-order valence-corrected chi connectivity index (χ1v) is 24.3. The molecule has 1 aliphatic heterocycles. The number of nitrogens with zero attached hydrogens (tertiary/aromatic N) is 5. The second-order valence-electron chi connectivity index (χ2n) is 17.9. The lowest BCUT2D eigenvalue weighted by molar-refractivity contribution is -0.286. The normalized spacial score (nSPS) is 12.4. The van der Waals surface area contributed by atoms with E-state index in [2.05, 4.69) is 49.9 Å².